The third-order valence-corrected chi connectivity index (χ3v) is 5.16. The molecule has 0 atom stereocenters. The maximum atomic E-state index is 12.3. The van der Waals surface area contributed by atoms with Crippen LogP contribution < -0.4 is 5.32 Å². The van der Waals surface area contributed by atoms with Crippen LogP contribution in [0.3, 0.4) is 0 Å². The topological polar surface area (TPSA) is 82.0 Å². The summed E-state index contributed by atoms with van der Waals surface area (Å²) in [6, 6.07) is 4.45. The molecule has 1 heterocycles. The van der Waals surface area contributed by atoms with E-state index in [-0.39, 0.29) is 16.7 Å². The summed E-state index contributed by atoms with van der Waals surface area (Å²) in [6.45, 7) is 3.55. The van der Waals surface area contributed by atoms with Crippen molar-refractivity contribution in [2.24, 2.45) is 0 Å². The standard InChI is InChI=1S/C17H26ClN5O3/c1-20-8-6-14(7-9-20)21(2)10-11-22(3)17(24)19-13-4-5-15(18)16(12-13)23(25)26/h4-5,12,14H,6-11H2,1-3H3,(H,19,24). The fourth-order valence-corrected chi connectivity index (χ4v) is 3.16. The first kappa shape index (κ1) is 20.4. The molecule has 0 aliphatic carbocycles. The lowest BCUT2D eigenvalue weighted by Gasteiger charge is -2.35. The highest BCUT2D eigenvalue weighted by molar-refractivity contribution is 6.32. The Labute approximate surface area is 158 Å². The SMILES string of the molecule is CN1CCC(N(C)CCN(C)C(=O)Nc2ccc(Cl)c([N+](=O)[O-])c2)CC1. The Hall–Kier alpha value is -1.90. The second kappa shape index (κ2) is 9.16. The van der Waals surface area contributed by atoms with Gasteiger partial charge in [-0.15, -0.1) is 0 Å². The van der Waals surface area contributed by atoms with Crippen LogP contribution in [0.5, 0.6) is 0 Å². The van der Waals surface area contributed by atoms with E-state index in [0.717, 1.165) is 32.5 Å². The summed E-state index contributed by atoms with van der Waals surface area (Å²) in [5.74, 6) is 0. The summed E-state index contributed by atoms with van der Waals surface area (Å²) >= 11 is 5.78. The van der Waals surface area contributed by atoms with Crippen LogP contribution in [0.15, 0.2) is 18.2 Å². The Morgan fingerprint density at radius 3 is 2.62 bits per heavy atom. The average molecular weight is 384 g/mol. The quantitative estimate of drug-likeness (QED) is 0.603. The van der Waals surface area contributed by atoms with Crippen LogP contribution in [-0.4, -0.2) is 79.0 Å². The van der Waals surface area contributed by atoms with Gasteiger partial charge in [0.15, 0.2) is 0 Å². The summed E-state index contributed by atoms with van der Waals surface area (Å²) in [6.07, 6.45) is 2.27. The Morgan fingerprint density at radius 1 is 1.35 bits per heavy atom. The Bertz CT molecular complexity index is 649. The van der Waals surface area contributed by atoms with Crippen LogP contribution in [0.1, 0.15) is 12.8 Å². The number of benzene rings is 1. The number of likely N-dealkylation sites (N-methyl/N-ethyl adjacent to an activating group) is 2. The summed E-state index contributed by atoms with van der Waals surface area (Å²) in [5.41, 5.74) is 0.121. The number of urea groups is 1. The van der Waals surface area contributed by atoms with Gasteiger partial charge in [-0.1, -0.05) is 11.6 Å². The lowest BCUT2D eigenvalue weighted by atomic mass is 10.0. The molecule has 0 unspecified atom stereocenters. The average Bonchev–Trinajstić information content (AvgIpc) is 2.61. The molecule has 0 saturated carbocycles. The summed E-state index contributed by atoms with van der Waals surface area (Å²) in [4.78, 5) is 28.9. The molecule has 1 aromatic rings. The first-order chi connectivity index (χ1) is 12.3. The molecule has 2 rings (SSSR count). The van der Waals surface area contributed by atoms with Gasteiger partial charge in [-0.2, -0.15) is 0 Å². The van der Waals surface area contributed by atoms with Crippen LogP contribution in [0, 0.1) is 10.1 Å². The molecule has 1 N–H and O–H groups in total. The molecule has 144 valence electrons. The molecule has 0 bridgehead atoms. The predicted molar refractivity (Wildman–Crippen MR) is 103 cm³/mol. The Morgan fingerprint density at radius 2 is 2.00 bits per heavy atom. The zero-order valence-electron chi connectivity index (χ0n) is 15.4. The number of nitro benzene ring substituents is 1. The monoisotopic (exact) mass is 383 g/mol. The molecule has 1 saturated heterocycles. The number of nitrogens with zero attached hydrogens (tertiary/aromatic N) is 4. The molecule has 9 heteroatoms. The van der Waals surface area contributed by atoms with Crippen molar-refractivity contribution in [3.63, 3.8) is 0 Å². The van der Waals surface area contributed by atoms with Crippen LogP contribution in [0.4, 0.5) is 16.2 Å². The van der Waals surface area contributed by atoms with E-state index in [0.29, 0.717) is 18.3 Å². The number of nitro groups is 1. The lowest BCUT2D eigenvalue weighted by Crippen LogP contribution is -2.45. The Balaban J connectivity index is 1.84. The van der Waals surface area contributed by atoms with E-state index in [1.54, 1.807) is 18.0 Å². The van der Waals surface area contributed by atoms with E-state index >= 15 is 0 Å². The highest BCUT2D eigenvalue weighted by atomic mass is 35.5. The zero-order valence-corrected chi connectivity index (χ0v) is 16.2. The number of hydrogen-bond acceptors (Lipinski definition) is 5. The molecule has 0 radical (unpaired) electrons. The summed E-state index contributed by atoms with van der Waals surface area (Å²) < 4.78 is 0. The largest absolute Gasteiger partial charge is 0.326 e. The van der Waals surface area contributed by atoms with Crippen LogP contribution in [0.2, 0.25) is 5.02 Å². The molecule has 1 aliphatic heterocycles. The van der Waals surface area contributed by atoms with E-state index < -0.39 is 4.92 Å². The number of amides is 2. The van der Waals surface area contributed by atoms with Gasteiger partial charge in [0.1, 0.15) is 5.02 Å². The molecule has 2 amide bonds. The van der Waals surface area contributed by atoms with Crippen molar-refractivity contribution >= 4 is 29.0 Å². The van der Waals surface area contributed by atoms with Gasteiger partial charge in [0.25, 0.3) is 5.69 Å². The number of piperidine rings is 1. The fraction of sp³-hybridized carbons (Fsp3) is 0.588. The van der Waals surface area contributed by atoms with E-state index in [9.17, 15) is 14.9 Å². The van der Waals surface area contributed by atoms with Gasteiger partial charge in [-0.25, -0.2) is 4.79 Å². The molecule has 1 aliphatic rings. The highest BCUT2D eigenvalue weighted by Crippen LogP contribution is 2.27. The van der Waals surface area contributed by atoms with Gasteiger partial charge in [-0.3, -0.25) is 10.1 Å². The predicted octanol–water partition coefficient (Wildman–Crippen LogP) is 2.74. The van der Waals surface area contributed by atoms with Crippen molar-refractivity contribution in [1.29, 1.82) is 0 Å². The van der Waals surface area contributed by atoms with Gasteiger partial charge >= 0.3 is 6.03 Å². The third-order valence-electron chi connectivity index (χ3n) is 4.84. The van der Waals surface area contributed by atoms with Crippen LogP contribution in [0.25, 0.3) is 0 Å². The fourth-order valence-electron chi connectivity index (χ4n) is 2.98. The first-order valence-corrected chi connectivity index (χ1v) is 9.00. The normalized spacial score (nSPS) is 15.9. The van der Waals surface area contributed by atoms with E-state index in [1.807, 2.05) is 0 Å². The van der Waals surface area contributed by atoms with E-state index in [2.05, 4.69) is 29.2 Å². The van der Waals surface area contributed by atoms with Crippen molar-refractivity contribution in [2.45, 2.75) is 18.9 Å². The number of nitrogens with one attached hydrogen (secondary N) is 1. The Kier molecular flexibility index (Phi) is 7.19. The van der Waals surface area contributed by atoms with Crippen molar-refractivity contribution in [3.8, 4) is 0 Å². The molecule has 0 spiro atoms. The molecule has 8 nitrogen and oxygen atoms in total. The second-order valence-corrected chi connectivity index (χ2v) is 7.20. The molecular formula is C17H26ClN5O3. The first-order valence-electron chi connectivity index (χ1n) is 8.62. The number of halogens is 1. The number of carbonyl (C=O) groups is 1. The summed E-state index contributed by atoms with van der Waals surface area (Å²) in [5, 5.41) is 13.6. The number of likely N-dealkylation sites (tertiary alicyclic amines) is 1. The molecule has 0 aromatic heterocycles. The van der Waals surface area contributed by atoms with Gasteiger partial charge in [0, 0.05) is 37.9 Å². The van der Waals surface area contributed by atoms with Gasteiger partial charge in [0.2, 0.25) is 0 Å². The maximum Gasteiger partial charge on any atom is 0.321 e. The third kappa shape index (κ3) is 5.55. The van der Waals surface area contributed by atoms with E-state index in [1.165, 1.54) is 12.1 Å². The maximum absolute atomic E-state index is 12.3. The van der Waals surface area contributed by atoms with Crippen molar-refractivity contribution in [2.75, 3.05) is 52.6 Å². The van der Waals surface area contributed by atoms with Gasteiger partial charge in [-0.05, 0) is 52.2 Å². The molecule has 1 fully saturated rings. The van der Waals surface area contributed by atoms with Crippen LogP contribution in [-0.2, 0) is 0 Å². The second-order valence-electron chi connectivity index (χ2n) is 6.79. The van der Waals surface area contributed by atoms with Gasteiger partial charge < -0.3 is 20.0 Å². The lowest BCUT2D eigenvalue weighted by molar-refractivity contribution is -0.384. The smallest absolute Gasteiger partial charge is 0.321 e. The zero-order chi connectivity index (χ0) is 19.3. The summed E-state index contributed by atoms with van der Waals surface area (Å²) in [7, 11) is 5.93. The minimum atomic E-state index is -0.571. The highest BCUT2D eigenvalue weighted by Gasteiger charge is 2.21. The number of hydrogen-bond donors (Lipinski definition) is 1. The number of rotatable bonds is 6. The minimum Gasteiger partial charge on any atom is -0.326 e. The van der Waals surface area contributed by atoms with Crippen molar-refractivity contribution in [3.05, 3.63) is 33.3 Å². The molecule has 1 aromatic carbocycles. The minimum absolute atomic E-state index is 0.0427. The number of carbonyl (C=O) groups excluding carboxylic acids is 1. The van der Waals surface area contributed by atoms with Crippen molar-refractivity contribution < 1.29 is 9.72 Å². The van der Waals surface area contributed by atoms with Crippen LogP contribution >= 0.6 is 11.6 Å². The molecule has 26 heavy (non-hydrogen) atoms. The van der Waals surface area contributed by atoms with Gasteiger partial charge in [0.05, 0.1) is 4.92 Å². The molecular weight excluding hydrogens is 358 g/mol. The number of anilines is 1. The van der Waals surface area contributed by atoms with E-state index in [4.69, 9.17) is 11.6 Å². The van der Waals surface area contributed by atoms with Crippen molar-refractivity contribution in [1.82, 2.24) is 14.7 Å².